The average molecular weight is 230 g/mol. The Kier molecular flexibility index (Phi) is 4.14. The minimum absolute atomic E-state index is 0.427. The van der Waals surface area contributed by atoms with Crippen molar-refractivity contribution in [1.82, 2.24) is 9.03 Å². The van der Waals surface area contributed by atoms with Crippen LogP contribution in [0.4, 0.5) is 0 Å². The topological polar surface area (TPSA) is 49.4 Å². The Morgan fingerprint density at radius 1 is 1.60 bits per heavy atom. The minimum atomic E-state index is -3.39. The number of hydrogen-bond acceptors (Lipinski definition) is 2. The Bertz CT molecular complexity index is 345. The maximum absolute atomic E-state index is 11.8. The molecular formula is C10H18N2O2S. The normalized spacial score (nSPS) is 25.8. The van der Waals surface area contributed by atoms with Crippen LogP contribution < -0.4 is 4.72 Å². The SMILES string of the molecule is C#CC(C)NS(=O)(=O)N1CCCC(C)C1. The first kappa shape index (κ1) is 12.5. The summed E-state index contributed by atoms with van der Waals surface area (Å²) in [6, 6.07) is -0.452. The first-order valence-corrected chi connectivity index (χ1v) is 6.63. The Hall–Kier alpha value is -0.570. The zero-order valence-corrected chi connectivity index (χ0v) is 10.0. The largest absolute Gasteiger partial charge is 0.280 e. The van der Waals surface area contributed by atoms with Crippen LogP contribution in [0.3, 0.4) is 0 Å². The predicted molar refractivity (Wildman–Crippen MR) is 60.3 cm³/mol. The highest BCUT2D eigenvalue weighted by Crippen LogP contribution is 2.17. The van der Waals surface area contributed by atoms with E-state index in [2.05, 4.69) is 17.6 Å². The van der Waals surface area contributed by atoms with Crippen LogP contribution in [0.25, 0.3) is 0 Å². The molecule has 0 aromatic carbocycles. The predicted octanol–water partition coefficient (Wildman–Crippen LogP) is 0.574. The summed E-state index contributed by atoms with van der Waals surface area (Å²) in [5.41, 5.74) is 0. The van der Waals surface area contributed by atoms with Crippen LogP contribution in [0.5, 0.6) is 0 Å². The number of nitrogens with zero attached hydrogens (tertiary/aromatic N) is 1. The fraction of sp³-hybridized carbons (Fsp3) is 0.800. The van der Waals surface area contributed by atoms with Crippen LogP contribution in [0.2, 0.25) is 0 Å². The zero-order valence-electron chi connectivity index (χ0n) is 9.23. The molecule has 1 heterocycles. The van der Waals surface area contributed by atoms with Crippen molar-refractivity contribution in [2.24, 2.45) is 5.92 Å². The maximum atomic E-state index is 11.8. The molecule has 0 aliphatic carbocycles. The molecule has 0 aromatic heterocycles. The van der Waals surface area contributed by atoms with Gasteiger partial charge in [0.05, 0.1) is 6.04 Å². The summed E-state index contributed by atoms with van der Waals surface area (Å²) < 4.78 is 27.6. The molecule has 86 valence electrons. The van der Waals surface area contributed by atoms with Crippen LogP contribution >= 0.6 is 0 Å². The van der Waals surface area contributed by atoms with Gasteiger partial charge in [0, 0.05) is 13.1 Å². The molecule has 0 spiro atoms. The van der Waals surface area contributed by atoms with Crippen molar-refractivity contribution in [3.63, 3.8) is 0 Å². The molecule has 0 amide bonds. The second kappa shape index (κ2) is 4.97. The van der Waals surface area contributed by atoms with Gasteiger partial charge in [-0.3, -0.25) is 0 Å². The summed E-state index contributed by atoms with van der Waals surface area (Å²) in [5.74, 6) is 2.78. The van der Waals surface area contributed by atoms with Gasteiger partial charge in [-0.1, -0.05) is 12.8 Å². The van der Waals surface area contributed by atoms with Crippen molar-refractivity contribution in [1.29, 1.82) is 0 Å². The van der Waals surface area contributed by atoms with E-state index in [9.17, 15) is 8.42 Å². The van der Waals surface area contributed by atoms with Crippen LogP contribution in [-0.4, -0.2) is 31.9 Å². The van der Waals surface area contributed by atoms with Gasteiger partial charge in [0.25, 0.3) is 10.2 Å². The summed E-state index contributed by atoms with van der Waals surface area (Å²) in [5, 5.41) is 0. The Morgan fingerprint density at radius 2 is 2.27 bits per heavy atom. The highest BCUT2D eigenvalue weighted by atomic mass is 32.2. The first-order chi connectivity index (χ1) is 6.95. The number of piperidine rings is 1. The molecule has 1 aliphatic heterocycles. The third-order valence-corrected chi connectivity index (χ3v) is 4.20. The molecule has 0 aromatic rings. The first-order valence-electron chi connectivity index (χ1n) is 5.19. The number of terminal acetylenes is 1. The lowest BCUT2D eigenvalue weighted by molar-refractivity contribution is 0.278. The molecule has 5 heteroatoms. The molecule has 4 nitrogen and oxygen atoms in total. The van der Waals surface area contributed by atoms with E-state index >= 15 is 0 Å². The summed E-state index contributed by atoms with van der Waals surface area (Å²) >= 11 is 0. The van der Waals surface area contributed by atoms with Gasteiger partial charge in [0.2, 0.25) is 0 Å². The Balaban J connectivity index is 2.65. The van der Waals surface area contributed by atoms with E-state index < -0.39 is 16.3 Å². The standard InChI is InChI=1S/C10H18N2O2S/c1-4-10(3)11-15(13,14)12-7-5-6-9(2)8-12/h1,9-11H,5-8H2,2-3H3. The molecule has 1 saturated heterocycles. The molecule has 1 rings (SSSR count). The molecular weight excluding hydrogens is 212 g/mol. The van der Waals surface area contributed by atoms with Crippen molar-refractivity contribution in [3.8, 4) is 12.3 Å². The molecule has 15 heavy (non-hydrogen) atoms. The van der Waals surface area contributed by atoms with E-state index in [1.807, 2.05) is 0 Å². The monoisotopic (exact) mass is 230 g/mol. The minimum Gasteiger partial charge on any atom is -0.195 e. The van der Waals surface area contributed by atoms with E-state index in [1.165, 1.54) is 4.31 Å². The number of hydrogen-bond donors (Lipinski definition) is 1. The summed E-state index contributed by atoms with van der Waals surface area (Å²) in [4.78, 5) is 0. The van der Waals surface area contributed by atoms with Gasteiger partial charge < -0.3 is 0 Å². The highest BCUT2D eigenvalue weighted by molar-refractivity contribution is 7.87. The van der Waals surface area contributed by atoms with Crippen molar-refractivity contribution in [3.05, 3.63) is 0 Å². The van der Waals surface area contributed by atoms with E-state index in [0.29, 0.717) is 19.0 Å². The zero-order chi connectivity index (χ0) is 11.5. The van der Waals surface area contributed by atoms with Crippen molar-refractivity contribution in [2.45, 2.75) is 32.7 Å². The van der Waals surface area contributed by atoms with Gasteiger partial charge in [-0.2, -0.15) is 17.4 Å². The summed E-state index contributed by atoms with van der Waals surface area (Å²) in [6.07, 6.45) is 7.16. The van der Waals surface area contributed by atoms with Crippen LogP contribution in [-0.2, 0) is 10.2 Å². The third-order valence-electron chi connectivity index (χ3n) is 2.54. The lowest BCUT2D eigenvalue weighted by Crippen LogP contribution is -2.47. The fourth-order valence-corrected chi connectivity index (χ4v) is 3.18. The van der Waals surface area contributed by atoms with E-state index in [4.69, 9.17) is 6.42 Å². The lowest BCUT2D eigenvalue weighted by atomic mass is 10.0. The Labute approximate surface area is 92.2 Å². The van der Waals surface area contributed by atoms with Crippen molar-refractivity contribution in [2.75, 3.05) is 13.1 Å². The van der Waals surface area contributed by atoms with Crippen molar-refractivity contribution < 1.29 is 8.42 Å². The molecule has 0 saturated carbocycles. The second-order valence-corrected chi connectivity index (χ2v) is 5.82. The molecule has 0 radical (unpaired) electrons. The molecule has 1 fully saturated rings. The third kappa shape index (κ3) is 3.49. The molecule has 2 atom stereocenters. The quantitative estimate of drug-likeness (QED) is 0.721. The van der Waals surface area contributed by atoms with Gasteiger partial charge >= 0.3 is 0 Å². The average Bonchev–Trinajstić information content (AvgIpc) is 2.17. The molecule has 1 N–H and O–H groups in total. The van der Waals surface area contributed by atoms with E-state index in [0.717, 1.165) is 12.8 Å². The van der Waals surface area contributed by atoms with Gasteiger partial charge in [0.15, 0.2) is 0 Å². The fourth-order valence-electron chi connectivity index (χ4n) is 1.70. The number of nitrogens with one attached hydrogen (secondary N) is 1. The van der Waals surface area contributed by atoms with Gasteiger partial charge in [-0.15, -0.1) is 6.42 Å². The van der Waals surface area contributed by atoms with E-state index in [-0.39, 0.29) is 0 Å². The van der Waals surface area contributed by atoms with E-state index in [1.54, 1.807) is 6.92 Å². The smallest absolute Gasteiger partial charge is 0.195 e. The molecule has 2 unspecified atom stereocenters. The van der Waals surface area contributed by atoms with Gasteiger partial charge in [0.1, 0.15) is 0 Å². The van der Waals surface area contributed by atoms with Crippen LogP contribution in [0.1, 0.15) is 26.7 Å². The highest BCUT2D eigenvalue weighted by Gasteiger charge is 2.27. The summed E-state index contributed by atoms with van der Waals surface area (Å²) in [7, 11) is -3.39. The van der Waals surface area contributed by atoms with Crippen molar-refractivity contribution >= 4 is 10.2 Å². The van der Waals surface area contributed by atoms with Crippen LogP contribution in [0.15, 0.2) is 0 Å². The number of rotatable bonds is 3. The van der Waals surface area contributed by atoms with Gasteiger partial charge in [-0.05, 0) is 25.7 Å². The second-order valence-electron chi connectivity index (χ2n) is 4.12. The molecule has 1 aliphatic rings. The lowest BCUT2D eigenvalue weighted by Gasteiger charge is -2.30. The maximum Gasteiger partial charge on any atom is 0.280 e. The van der Waals surface area contributed by atoms with Gasteiger partial charge in [-0.25, -0.2) is 0 Å². The molecule has 0 bridgehead atoms. The van der Waals surface area contributed by atoms with Crippen LogP contribution in [0, 0.1) is 18.3 Å². The Morgan fingerprint density at radius 3 is 2.80 bits per heavy atom. The summed E-state index contributed by atoms with van der Waals surface area (Å²) in [6.45, 7) is 4.90.